The quantitative estimate of drug-likeness (QED) is 0.898. The molecule has 3 nitrogen and oxygen atoms in total. The van der Waals surface area contributed by atoms with Gasteiger partial charge in [0.2, 0.25) is 5.91 Å². The van der Waals surface area contributed by atoms with Gasteiger partial charge < -0.3 is 5.32 Å². The molecule has 1 amide bonds. The van der Waals surface area contributed by atoms with Gasteiger partial charge in [-0.05, 0) is 56.0 Å². The van der Waals surface area contributed by atoms with Crippen molar-refractivity contribution in [2.24, 2.45) is 5.92 Å². The van der Waals surface area contributed by atoms with Gasteiger partial charge in [0.05, 0.1) is 13.2 Å². The molecule has 2 rings (SSSR count). The van der Waals surface area contributed by atoms with E-state index in [1.165, 1.54) is 5.56 Å². The Morgan fingerprint density at radius 1 is 1.30 bits per heavy atom. The molecule has 0 radical (unpaired) electrons. The average molecular weight is 278 g/mol. The highest BCUT2D eigenvalue weighted by Gasteiger charge is 2.20. The van der Waals surface area contributed by atoms with Crippen molar-refractivity contribution in [2.45, 2.75) is 26.2 Å². The first kappa shape index (κ1) is 15.0. The fourth-order valence-electron chi connectivity index (χ4n) is 2.53. The summed E-state index contributed by atoms with van der Waals surface area (Å²) in [5.41, 5.74) is 2.10. The monoisotopic (exact) mass is 278 g/mol. The number of halogens is 1. The van der Waals surface area contributed by atoms with Gasteiger partial charge in [0.1, 0.15) is 0 Å². The van der Waals surface area contributed by atoms with E-state index >= 15 is 0 Å². The number of aryl methyl sites for hydroxylation is 1. The van der Waals surface area contributed by atoms with E-state index in [0.29, 0.717) is 6.54 Å². The molecule has 1 aliphatic rings. The Morgan fingerprint density at radius 3 is 2.50 bits per heavy atom. The van der Waals surface area contributed by atoms with Gasteiger partial charge in [-0.25, -0.2) is 0 Å². The minimum atomic E-state index is -0.232. The van der Waals surface area contributed by atoms with Crippen LogP contribution in [0.15, 0.2) is 24.3 Å². The van der Waals surface area contributed by atoms with Gasteiger partial charge in [0.15, 0.2) is 0 Å². The number of hydrogen-bond acceptors (Lipinski definition) is 2. The van der Waals surface area contributed by atoms with Gasteiger partial charge >= 0.3 is 0 Å². The molecule has 1 N–H and O–H groups in total. The van der Waals surface area contributed by atoms with Gasteiger partial charge in [-0.1, -0.05) is 19.1 Å². The fraction of sp³-hybridized carbons (Fsp3) is 0.562. The molecule has 1 fully saturated rings. The third-order valence-electron chi connectivity index (χ3n) is 3.94. The van der Waals surface area contributed by atoms with E-state index in [1.54, 1.807) is 0 Å². The van der Waals surface area contributed by atoms with Crippen molar-refractivity contribution < 1.29 is 9.18 Å². The maximum Gasteiger partial charge on any atom is 0.238 e. The summed E-state index contributed by atoms with van der Waals surface area (Å²) in [4.78, 5) is 14.1. The zero-order chi connectivity index (χ0) is 14.4. The Balaban J connectivity index is 1.77. The predicted molar refractivity (Wildman–Crippen MR) is 79.6 cm³/mol. The van der Waals surface area contributed by atoms with Crippen LogP contribution in [0.2, 0.25) is 0 Å². The van der Waals surface area contributed by atoms with Crippen LogP contribution in [-0.2, 0) is 11.2 Å². The van der Waals surface area contributed by atoms with Crippen LogP contribution >= 0.6 is 0 Å². The summed E-state index contributed by atoms with van der Waals surface area (Å²) in [5, 5.41) is 2.91. The zero-order valence-electron chi connectivity index (χ0n) is 12.1. The number of benzene rings is 1. The van der Waals surface area contributed by atoms with Crippen molar-refractivity contribution >= 4 is 11.6 Å². The van der Waals surface area contributed by atoms with Gasteiger partial charge in [-0.15, -0.1) is 0 Å². The van der Waals surface area contributed by atoms with Crippen LogP contribution in [0.1, 0.15) is 25.3 Å². The molecular formula is C16H23FN2O. The van der Waals surface area contributed by atoms with E-state index in [4.69, 9.17) is 0 Å². The van der Waals surface area contributed by atoms with Crippen LogP contribution in [0.5, 0.6) is 0 Å². The normalized spacial score (nSPS) is 17.1. The van der Waals surface area contributed by atoms with Gasteiger partial charge in [-0.3, -0.25) is 14.1 Å². The molecule has 0 aliphatic carbocycles. The third-order valence-corrected chi connectivity index (χ3v) is 3.94. The van der Waals surface area contributed by atoms with E-state index in [2.05, 4.69) is 17.1 Å². The molecule has 110 valence electrons. The van der Waals surface area contributed by atoms with Crippen molar-refractivity contribution in [3.05, 3.63) is 29.8 Å². The standard InChI is InChI=1S/C16H23FN2O/c1-2-13-3-5-15(6-4-13)18-16(20)12-19-9-7-14(11-17)8-10-19/h3-6,14H,2,7-12H2,1H3,(H,18,20). The second-order valence-electron chi connectivity index (χ2n) is 5.47. The molecule has 0 unspecified atom stereocenters. The van der Waals surface area contributed by atoms with Crippen molar-refractivity contribution in [2.75, 3.05) is 31.6 Å². The van der Waals surface area contributed by atoms with E-state index in [-0.39, 0.29) is 18.5 Å². The van der Waals surface area contributed by atoms with E-state index in [1.807, 2.05) is 24.3 Å². The van der Waals surface area contributed by atoms with E-state index < -0.39 is 0 Å². The smallest absolute Gasteiger partial charge is 0.238 e. The summed E-state index contributed by atoms with van der Waals surface area (Å²) < 4.78 is 12.5. The first-order valence-electron chi connectivity index (χ1n) is 7.38. The van der Waals surface area contributed by atoms with Crippen molar-refractivity contribution in [1.82, 2.24) is 4.90 Å². The van der Waals surface area contributed by atoms with Crippen molar-refractivity contribution in [1.29, 1.82) is 0 Å². The number of alkyl halides is 1. The van der Waals surface area contributed by atoms with E-state index in [0.717, 1.165) is 38.0 Å². The number of likely N-dealkylation sites (tertiary alicyclic amines) is 1. The van der Waals surface area contributed by atoms with Crippen LogP contribution in [0.4, 0.5) is 10.1 Å². The van der Waals surface area contributed by atoms with Crippen LogP contribution < -0.4 is 5.32 Å². The number of nitrogens with zero attached hydrogens (tertiary/aromatic N) is 1. The number of nitrogens with one attached hydrogen (secondary N) is 1. The lowest BCUT2D eigenvalue weighted by atomic mass is 9.98. The van der Waals surface area contributed by atoms with Crippen molar-refractivity contribution in [3.63, 3.8) is 0 Å². The predicted octanol–water partition coefficient (Wildman–Crippen LogP) is 2.87. The number of carbonyl (C=O) groups excluding carboxylic acids is 1. The lowest BCUT2D eigenvalue weighted by molar-refractivity contribution is -0.117. The molecule has 4 heteroatoms. The Kier molecular flexibility index (Phi) is 5.53. The summed E-state index contributed by atoms with van der Waals surface area (Å²) in [6, 6.07) is 7.93. The molecule has 0 aromatic heterocycles. The summed E-state index contributed by atoms with van der Waals surface area (Å²) in [6.07, 6.45) is 2.71. The van der Waals surface area contributed by atoms with Gasteiger partial charge in [0.25, 0.3) is 0 Å². The van der Waals surface area contributed by atoms with Crippen LogP contribution in [0.3, 0.4) is 0 Å². The maximum absolute atomic E-state index is 12.5. The Labute approximate surface area is 120 Å². The highest BCUT2D eigenvalue weighted by Crippen LogP contribution is 2.17. The fourth-order valence-corrected chi connectivity index (χ4v) is 2.53. The number of piperidine rings is 1. The first-order valence-corrected chi connectivity index (χ1v) is 7.38. The molecule has 1 saturated heterocycles. The largest absolute Gasteiger partial charge is 0.325 e. The zero-order valence-corrected chi connectivity index (χ0v) is 12.1. The molecule has 1 aliphatic heterocycles. The summed E-state index contributed by atoms with van der Waals surface area (Å²) in [5.74, 6) is 0.198. The number of carbonyl (C=O) groups is 1. The van der Waals surface area contributed by atoms with Gasteiger partial charge in [0, 0.05) is 5.69 Å². The summed E-state index contributed by atoms with van der Waals surface area (Å²) in [6.45, 7) is 3.90. The summed E-state index contributed by atoms with van der Waals surface area (Å²) in [7, 11) is 0. The van der Waals surface area contributed by atoms with Crippen LogP contribution in [-0.4, -0.2) is 37.1 Å². The van der Waals surface area contributed by atoms with Gasteiger partial charge in [-0.2, -0.15) is 0 Å². The number of amides is 1. The molecule has 0 bridgehead atoms. The molecule has 20 heavy (non-hydrogen) atoms. The Hall–Kier alpha value is -1.42. The SMILES string of the molecule is CCc1ccc(NC(=O)CN2CCC(CF)CC2)cc1. The highest BCUT2D eigenvalue weighted by atomic mass is 19.1. The number of rotatable bonds is 5. The minimum absolute atomic E-state index is 0.00736. The molecule has 1 aromatic carbocycles. The Bertz CT molecular complexity index is 425. The first-order chi connectivity index (χ1) is 9.71. The number of anilines is 1. The molecular weight excluding hydrogens is 255 g/mol. The molecule has 0 atom stereocenters. The lowest BCUT2D eigenvalue weighted by Gasteiger charge is -2.29. The highest BCUT2D eigenvalue weighted by molar-refractivity contribution is 5.92. The lowest BCUT2D eigenvalue weighted by Crippen LogP contribution is -2.39. The minimum Gasteiger partial charge on any atom is -0.325 e. The molecule has 1 aromatic rings. The molecule has 0 saturated carbocycles. The third kappa shape index (κ3) is 4.30. The average Bonchev–Trinajstić information content (AvgIpc) is 2.49. The number of hydrogen-bond donors (Lipinski definition) is 1. The summed E-state index contributed by atoms with van der Waals surface area (Å²) >= 11 is 0. The van der Waals surface area contributed by atoms with Crippen LogP contribution in [0, 0.1) is 5.92 Å². The second kappa shape index (κ2) is 7.39. The van der Waals surface area contributed by atoms with E-state index in [9.17, 15) is 9.18 Å². The molecule has 0 spiro atoms. The second-order valence-corrected chi connectivity index (χ2v) is 5.47. The van der Waals surface area contributed by atoms with Crippen molar-refractivity contribution in [3.8, 4) is 0 Å². The Morgan fingerprint density at radius 2 is 1.95 bits per heavy atom. The molecule has 1 heterocycles. The van der Waals surface area contributed by atoms with Crippen LogP contribution in [0.25, 0.3) is 0 Å². The maximum atomic E-state index is 12.5. The topological polar surface area (TPSA) is 32.3 Å².